The molecular weight excluding hydrogens is 251 g/mol. The Labute approximate surface area is 103 Å². The van der Waals surface area contributed by atoms with Crippen LogP contribution in [0.25, 0.3) is 0 Å². The molecule has 1 fully saturated rings. The number of nitrogens with one attached hydrogen (secondary N) is 1. The van der Waals surface area contributed by atoms with E-state index >= 15 is 0 Å². The van der Waals surface area contributed by atoms with Gasteiger partial charge in [0, 0.05) is 11.6 Å². The lowest BCUT2D eigenvalue weighted by molar-refractivity contribution is -0.138. The van der Waals surface area contributed by atoms with Crippen molar-refractivity contribution in [2.24, 2.45) is 0 Å². The van der Waals surface area contributed by atoms with Crippen molar-refractivity contribution in [3.8, 4) is 0 Å². The van der Waals surface area contributed by atoms with Gasteiger partial charge in [-0.2, -0.15) is 13.2 Å². The van der Waals surface area contributed by atoms with Gasteiger partial charge in [0.15, 0.2) is 0 Å². The Morgan fingerprint density at radius 3 is 2.65 bits per heavy atom. The molecule has 17 heavy (non-hydrogen) atoms. The number of piperidine rings is 1. The molecule has 1 saturated heterocycles. The maximum atomic E-state index is 12.9. The van der Waals surface area contributed by atoms with E-state index in [4.69, 9.17) is 11.6 Å². The van der Waals surface area contributed by atoms with Gasteiger partial charge in [-0.3, -0.25) is 0 Å². The van der Waals surface area contributed by atoms with E-state index < -0.39 is 11.7 Å². The zero-order valence-corrected chi connectivity index (χ0v) is 9.91. The Hall–Kier alpha value is -0.740. The molecule has 0 amide bonds. The molecule has 1 nitrogen and oxygen atoms in total. The second-order valence-corrected chi connectivity index (χ2v) is 4.71. The third kappa shape index (κ3) is 2.93. The molecule has 1 N–H and O–H groups in total. The molecule has 1 aliphatic heterocycles. The van der Waals surface area contributed by atoms with Gasteiger partial charge in [-0.25, -0.2) is 0 Å². The first-order valence-corrected chi connectivity index (χ1v) is 5.93. The fourth-order valence-electron chi connectivity index (χ4n) is 2.25. The molecule has 0 aromatic heterocycles. The van der Waals surface area contributed by atoms with Gasteiger partial charge in [0.05, 0.1) is 5.56 Å². The number of rotatable bonds is 1. The first-order chi connectivity index (χ1) is 7.98. The average Bonchev–Trinajstić information content (AvgIpc) is 2.29. The minimum Gasteiger partial charge on any atom is -0.316 e. The predicted octanol–water partition coefficient (Wildman–Crippen LogP) is 3.83. The number of hydrogen-bond acceptors (Lipinski definition) is 1. The van der Waals surface area contributed by atoms with Gasteiger partial charge in [-0.05, 0) is 43.0 Å². The molecule has 1 atom stereocenters. The molecule has 2 rings (SSSR count). The normalized spacial score (nSPS) is 21.5. The highest BCUT2D eigenvalue weighted by Gasteiger charge is 2.35. The Kier molecular flexibility index (Phi) is 3.64. The smallest absolute Gasteiger partial charge is 0.316 e. The summed E-state index contributed by atoms with van der Waals surface area (Å²) in [5.41, 5.74) is -0.243. The van der Waals surface area contributed by atoms with Crippen LogP contribution in [0.1, 0.15) is 29.9 Å². The molecule has 1 aromatic rings. The average molecular weight is 264 g/mol. The summed E-state index contributed by atoms with van der Waals surface area (Å²) in [7, 11) is 0. The second kappa shape index (κ2) is 4.86. The van der Waals surface area contributed by atoms with Gasteiger partial charge in [-0.1, -0.05) is 17.7 Å². The lowest BCUT2D eigenvalue weighted by atomic mass is 9.88. The minimum atomic E-state index is -4.34. The first kappa shape index (κ1) is 12.7. The summed E-state index contributed by atoms with van der Waals surface area (Å²) in [5.74, 6) is -0.0716. The fraction of sp³-hybridized carbons (Fsp3) is 0.500. The summed E-state index contributed by atoms with van der Waals surface area (Å²) in [5, 5.41) is 3.26. The molecule has 0 aliphatic carbocycles. The van der Waals surface area contributed by atoms with Crippen molar-refractivity contribution >= 4 is 11.6 Å². The fourth-order valence-corrected chi connectivity index (χ4v) is 2.42. The SMILES string of the molecule is FC(F)(F)c1cc(Cl)ccc1C1CCCNC1. The Morgan fingerprint density at radius 1 is 1.29 bits per heavy atom. The molecule has 0 bridgehead atoms. The van der Waals surface area contributed by atoms with Crippen molar-refractivity contribution in [2.75, 3.05) is 13.1 Å². The van der Waals surface area contributed by atoms with Crippen LogP contribution in [-0.4, -0.2) is 13.1 Å². The van der Waals surface area contributed by atoms with Gasteiger partial charge in [0.2, 0.25) is 0 Å². The summed E-state index contributed by atoms with van der Waals surface area (Å²) < 4.78 is 38.7. The largest absolute Gasteiger partial charge is 0.416 e. The zero-order valence-electron chi connectivity index (χ0n) is 9.15. The van der Waals surface area contributed by atoms with Crippen LogP contribution in [-0.2, 0) is 6.18 Å². The Bertz CT molecular complexity index is 397. The lowest BCUT2D eigenvalue weighted by Crippen LogP contribution is -2.29. The van der Waals surface area contributed by atoms with E-state index in [9.17, 15) is 13.2 Å². The summed E-state index contributed by atoms with van der Waals surface area (Å²) >= 11 is 5.65. The third-order valence-electron chi connectivity index (χ3n) is 3.06. The van der Waals surface area contributed by atoms with Crippen molar-refractivity contribution in [1.29, 1.82) is 0 Å². The number of halogens is 4. The van der Waals surface area contributed by atoms with Crippen molar-refractivity contribution in [2.45, 2.75) is 24.9 Å². The lowest BCUT2D eigenvalue weighted by Gasteiger charge is -2.26. The molecule has 0 spiro atoms. The molecule has 0 radical (unpaired) electrons. The molecular formula is C12H13ClF3N. The van der Waals surface area contributed by atoms with Gasteiger partial charge in [0.1, 0.15) is 0 Å². The highest BCUT2D eigenvalue weighted by atomic mass is 35.5. The van der Waals surface area contributed by atoms with Crippen LogP contribution in [0.5, 0.6) is 0 Å². The van der Waals surface area contributed by atoms with Crippen LogP contribution in [0.2, 0.25) is 5.02 Å². The van der Waals surface area contributed by atoms with Crippen LogP contribution in [0.4, 0.5) is 13.2 Å². The quantitative estimate of drug-likeness (QED) is 0.812. The van der Waals surface area contributed by atoms with E-state index in [-0.39, 0.29) is 10.9 Å². The Morgan fingerprint density at radius 2 is 2.06 bits per heavy atom. The van der Waals surface area contributed by atoms with E-state index in [1.165, 1.54) is 12.1 Å². The molecule has 1 aliphatic rings. The first-order valence-electron chi connectivity index (χ1n) is 5.56. The molecule has 0 saturated carbocycles. The van der Waals surface area contributed by atoms with Crippen LogP contribution < -0.4 is 5.32 Å². The van der Waals surface area contributed by atoms with Gasteiger partial charge >= 0.3 is 6.18 Å². The highest BCUT2D eigenvalue weighted by Crippen LogP contribution is 2.38. The third-order valence-corrected chi connectivity index (χ3v) is 3.29. The summed E-state index contributed by atoms with van der Waals surface area (Å²) in [4.78, 5) is 0. The van der Waals surface area contributed by atoms with Crippen LogP contribution in [0.15, 0.2) is 18.2 Å². The van der Waals surface area contributed by atoms with E-state index in [2.05, 4.69) is 5.32 Å². The maximum absolute atomic E-state index is 12.9. The van der Waals surface area contributed by atoms with Gasteiger partial charge in [-0.15, -0.1) is 0 Å². The van der Waals surface area contributed by atoms with Gasteiger partial charge in [0.25, 0.3) is 0 Å². The zero-order chi connectivity index (χ0) is 12.5. The van der Waals surface area contributed by atoms with Crippen molar-refractivity contribution in [1.82, 2.24) is 5.32 Å². The van der Waals surface area contributed by atoms with Crippen molar-refractivity contribution in [3.63, 3.8) is 0 Å². The summed E-state index contributed by atoms with van der Waals surface area (Å²) in [6, 6.07) is 4.05. The monoisotopic (exact) mass is 263 g/mol. The molecule has 94 valence electrons. The predicted molar refractivity (Wildman–Crippen MR) is 61.3 cm³/mol. The number of hydrogen-bond donors (Lipinski definition) is 1. The van der Waals surface area contributed by atoms with Gasteiger partial charge < -0.3 is 5.32 Å². The molecule has 1 aromatic carbocycles. The number of benzene rings is 1. The van der Waals surface area contributed by atoms with Crippen LogP contribution >= 0.6 is 11.6 Å². The molecule has 5 heteroatoms. The number of alkyl halides is 3. The summed E-state index contributed by atoms with van der Waals surface area (Å²) in [6.45, 7) is 1.48. The van der Waals surface area contributed by atoms with Crippen LogP contribution in [0, 0.1) is 0 Å². The standard InChI is InChI=1S/C12H13ClF3N/c13-9-3-4-10(8-2-1-5-17-7-8)11(6-9)12(14,15)16/h3-4,6,8,17H,1-2,5,7H2. The topological polar surface area (TPSA) is 12.0 Å². The van der Waals surface area contributed by atoms with E-state index in [0.717, 1.165) is 25.5 Å². The maximum Gasteiger partial charge on any atom is 0.416 e. The minimum absolute atomic E-state index is 0.0716. The van der Waals surface area contributed by atoms with Crippen LogP contribution in [0.3, 0.4) is 0 Å². The Balaban J connectivity index is 2.38. The van der Waals surface area contributed by atoms with Crippen molar-refractivity contribution < 1.29 is 13.2 Å². The molecule has 1 heterocycles. The van der Waals surface area contributed by atoms with E-state index in [1.54, 1.807) is 0 Å². The van der Waals surface area contributed by atoms with E-state index in [0.29, 0.717) is 12.1 Å². The molecule has 1 unspecified atom stereocenters. The highest BCUT2D eigenvalue weighted by molar-refractivity contribution is 6.30. The second-order valence-electron chi connectivity index (χ2n) is 4.27. The van der Waals surface area contributed by atoms with Crippen molar-refractivity contribution in [3.05, 3.63) is 34.3 Å². The summed E-state index contributed by atoms with van der Waals surface area (Å²) in [6.07, 6.45) is -2.64. The van der Waals surface area contributed by atoms with E-state index in [1.807, 2.05) is 0 Å².